The SMILES string of the molecule is Cc1cccc(-c2nnc(Cn3nc(C(C)C)n4c(cc5sc(Cl)cc54)c3=O)o2)c1. The van der Waals surface area contributed by atoms with Crippen LogP contribution in [0.5, 0.6) is 0 Å². The van der Waals surface area contributed by atoms with Crippen molar-refractivity contribution < 1.29 is 4.42 Å². The number of rotatable bonds is 4. The first-order valence-electron chi connectivity index (χ1n) is 9.51. The molecule has 0 N–H and O–H groups in total. The van der Waals surface area contributed by atoms with Gasteiger partial charge in [-0.15, -0.1) is 21.5 Å². The summed E-state index contributed by atoms with van der Waals surface area (Å²) in [6.45, 7) is 6.19. The van der Waals surface area contributed by atoms with Crippen molar-refractivity contribution in [2.24, 2.45) is 0 Å². The molecular weight excluding hydrogens is 422 g/mol. The molecule has 0 saturated heterocycles. The molecule has 0 aliphatic heterocycles. The number of thiophene rings is 1. The summed E-state index contributed by atoms with van der Waals surface area (Å²) >= 11 is 7.62. The van der Waals surface area contributed by atoms with Crippen LogP contribution in [0.15, 0.2) is 45.6 Å². The lowest BCUT2D eigenvalue weighted by molar-refractivity contribution is 0.458. The van der Waals surface area contributed by atoms with Crippen LogP contribution in [0.2, 0.25) is 4.34 Å². The van der Waals surface area contributed by atoms with Crippen molar-refractivity contribution in [2.75, 3.05) is 0 Å². The molecule has 4 heterocycles. The third-order valence-electron chi connectivity index (χ3n) is 4.90. The molecule has 1 aromatic carbocycles. The molecule has 9 heteroatoms. The van der Waals surface area contributed by atoms with Crippen LogP contribution in [0, 0.1) is 6.92 Å². The van der Waals surface area contributed by atoms with Gasteiger partial charge in [-0.05, 0) is 31.2 Å². The van der Waals surface area contributed by atoms with Gasteiger partial charge in [0.15, 0.2) is 0 Å². The normalized spacial score (nSPS) is 11.9. The van der Waals surface area contributed by atoms with Crippen molar-refractivity contribution in [1.82, 2.24) is 24.4 Å². The molecule has 0 bridgehead atoms. The molecule has 0 atom stereocenters. The maximum atomic E-state index is 13.1. The lowest BCUT2D eigenvalue weighted by atomic mass is 10.1. The van der Waals surface area contributed by atoms with Crippen molar-refractivity contribution in [2.45, 2.75) is 33.2 Å². The molecular formula is C21H18ClN5O2S. The van der Waals surface area contributed by atoms with Crippen LogP contribution in [0.25, 0.3) is 27.2 Å². The van der Waals surface area contributed by atoms with Gasteiger partial charge in [-0.25, -0.2) is 4.68 Å². The number of halogens is 1. The van der Waals surface area contributed by atoms with Gasteiger partial charge in [0.2, 0.25) is 11.8 Å². The number of aryl methyl sites for hydroxylation is 1. The number of hydrogen-bond donors (Lipinski definition) is 0. The highest BCUT2D eigenvalue weighted by Crippen LogP contribution is 2.32. The van der Waals surface area contributed by atoms with Gasteiger partial charge in [-0.1, -0.05) is 43.1 Å². The third kappa shape index (κ3) is 3.12. The predicted molar refractivity (Wildman–Crippen MR) is 118 cm³/mol. The Morgan fingerprint density at radius 1 is 1.17 bits per heavy atom. The molecule has 0 spiro atoms. The highest BCUT2D eigenvalue weighted by atomic mass is 35.5. The maximum Gasteiger partial charge on any atom is 0.291 e. The molecule has 0 saturated carbocycles. The van der Waals surface area contributed by atoms with Gasteiger partial charge in [-0.2, -0.15) is 5.10 Å². The van der Waals surface area contributed by atoms with Crippen LogP contribution in [0.4, 0.5) is 0 Å². The van der Waals surface area contributed by atoms with Gasteiger partial charge < -0.3 is 4.42 Å². The minimum absolute atomic E-state index is 0.0964. The van der Waals surface area contributed by atoms with E-state index in [1.807, 2.05) is 61.6 Å². The molecule has 5 rings (SSSR count). The topological polar surface area (TPSA) is 78.2 Å². The number of aromatic nitrogens is 5. The zero-order valence-electron chi connectivity index (χ0n) is 16.6. The van der Waals surface area contributed by atoms with E-state index in [0.717, 1.165) is 27.2 Å². The fraction of sp³-hybridized carbons (Fsp3) is 0.238. The van der Waals surface area contributed by atoms with Gasteiger partial charge in [0, 0.05) is 11.5 Å². The van der Waals surface area contributed by atoms with E-state index < -0.39 is 0 Å². The van der Waals surface area contributed by atoms with Crippen molar-refractivity contribution in [3.8, 4) is 11.5 Å². The number of benzene rings is 1. The Kier molecular flexibility index (Phi) is 4.48. The molecule has 0 amide bonds. The van der Waals surface area contributed by atoms with E-state index in [9.17, 15) is 4.79 Å². The Labute approximate surface area is 180 Å². The highest BCUT2D eigenvalue weighted by molar-refractivity contribution is 7.22. The average Bonchev–Trinajstić information content (AvgIpc) is 3.38. The standard InChI is InChI=1S/C21H18ClN5O2S/c1-11(2)19-25-26(21(28)15-8-16-14(27(15)19)9-17(22)30-16)10-18-23-24-20(29-18)13-6-4-5-12(3)7-13/h4-9,11H,10H2,1-3H3. The molecule has 0 fully saturated rings. The van der Waals surface area contributed by atoms with Crippen molar-refractivity contribution >= 4 is 38.7 Å². The molecule has 30 heavy (non-hydrogen) atoms. The van der Waals surface area contributed by atoms with E-state index in [4.69, 9.17) is 16.0 Å². The number of nitrogens with zero attached hydrogens (tertiary/aromatic N) is 5. The first-order valence-corrected chi connectivity index (χ1v) is 10.7. The zero-order valence-corrected chi connectivity index (χ0v) is 18.2. The summed E-state index contributed by atoms with van der Waals surface area (Å²) in [7, 11) is 0. The molecule has 0 unspecified atom stereocenters. The number of fused-ring (bicyclic) bond motifs is 3. The lowest BCUT2D eigenvalue weighted by Crippen LogP contribution is -2.28. The second kappa shape index (κ2) is 7.07. The Morgan fingerprint density at radius 3 is 2.77 bits per heavy atom. The van der Waals surface area contributed by atoms with Crippen LogP contribution in [0.1, 0.15) is 37.0 Å². The smallest absolute Gasteiger partial charge is 0.291 e. The summed E-state index contributed by atoms with van der Waals surface area (Å²) in [6.07, 6.45) is 0. The minimum Gasteiger partial charge on any atom is -0.419 e. The summed E-state index contributed by atoms with van der Waals surface area (Å²) in [5, 5.41) is 12.9. The Hall–Kier alpha value is -2.97. The highest BCUT2D eigenvalue weighted by Gasteiger charge is 2.19. The fourth-order valence-electron chi connectivity index (χ4n) is 3.53. The van der Waals surface area contributed by atoms with E-state index in [0.29, 0.717) is 21.6 Å². The van der Waals surface area contributed by atoms with Crippen LogP contribution >= 0.6 is 22.9 Å². The van der Waals surface area contributed by atoms with E-state index >= 15 is 0 Å². The monoisotopic (exact) mass is 439 g/mol. The van der Waals surface area contributed by atoms with E-state index in [1.54, 1.807) is 0 Å². The zero-order chi connectivity index (χ0) is 21.0. The summed E-state index contributed by atoms with van der Waals surface area (Å²) in [5.74, 6) is 1.62. The van der Waals surface area contributed by atoms with Gasteiger partial charge in [0.05, 0.1) is 14.6 Å². The summed E-state index contributed by atoms with van der Waals surface area (Å²) in [6, 6.07) is 11.6. The van der Waals surface area contributed by atoms with Crippen molar-refractivity contribution in [1.29, 1.82) is 0 Å². The Morgan fingerprint density at radius 2 is 2.00 bits per heavy atom. The van der Waals surface area contributed by atoms with Gasteiger partial charge in [-0.3, -0.25) is 9.20 Å². The quantitative estimate of drug-likeness (QED) is 0.398. The van der Waals surface area contributed by atoms with E-state index in [1.165, 1.54) is 16.0 Å². The average molecular weight is 440 g/mol. The van der Waals surface area contributed by atoms with Crippen LogP contribution < -0.4 is 5.56 Å². The predicted octanol–water partition coefficient (Wildman–Crippen LogP) is 4.89. The van der Waals surface area contributed by atoms with E-state index in [2.05, 4.69) is 15.3 Å². The molecule has 0 aliphatic rings. The lowest BCUT2D eigenvalue weighted by Gasteiger charge is -2.12. The largest absolute Gasteiger partial charge is 0.419 e. The second-order valence-corrected chi connectivity index (χ2v) is 9.23. The van der Waals surface area contributed by atoms with Gasteiger partial charge in [0.25, 0.3) is 5.56 Å². The number of hydrogen-bond acceptors (Lipinski definition) is 6. The second-order valence-electron chi connectivity index (χ2n) is 7.51. The summed E-state index contributed by atoms with van der Waals surface area (Å²) < 4.78 is 10.7. The third-order valence-corrected chi connectivity index (χ3v) is 6.10. The van der Waals surface area contributed by atoms with Crippen LogP contribution in [-0.2, 0) is 6.54 Å². The summed E-state index contributed by atoms with van der Waals surface area (Å²) in [5.41, 5.74) is 3.20. The first kappa shape index (κ1) is 19.0. The molecule has 7 nitrogen and oxygen atoms in total. The van der Waals surface area contributed by atoms with Crippen molar-refractivity contribution in [3.63, 3.8) is 0 Å². The first-order chi connectivity index (χ1) is 14.4. The Balaban J connectivity index is 1.60. The Bertz CT molecular complexity index is 1460. The van der Waals surface area contributed by atoms with Crippen LogP contribution in [-0.4, -0.2) is 24.4 Å². The molecule has 5 aromatic rings. The molecule has 152 valence electrons. The summed E-state index contributed by atoms with van der Waals surface area (Å²) in [4.78, 5) is 13.1. The maximum absolute atomic E-state index is 13.1. The van der Waals surface area contributed by atoms with E-state index in [-0.39, 0.29) is 18.0 Å². The van der Waals surface area contributed by atoms with Crippen LogP contribution in [0.3, 0.4) is 0 Å². The minimum atomic E-state index is -0.214. The fourth-order valence-corrected chi connectivity index (χ4v) is 4.69. The van der Waals surface area contributed by atoms with Gasteiger partial charge >= 0.3 is 0 Å². The van der Waals surface area contributed by atoms with Gasteiger partial charge in [0.1, 0.15) is 17.9 Å². The molecule has 0 radical (unpaired) electrons. The molecule has 0 aliphatic carbocycles. The van der Waals surface area contributed by atoms with Crippen molar-refractivity contribution in [3.05, 3.63) is 68.4 Å². The molecule has 4 aromatic heterocycles.